The van der Waals surface area contributed by atoms with Crippen LogP contribution in [0.4, 0.5) is 45.1 Å². The fourth-order valence-corrected chi connectivity index (χ4v) is 9.79. The lowest BCUT2D eigenvalue weighted by Gasteiger charge is -2.38. The summed E-state index contributed by atoms with van der Waals surface area (Å²) in [6.45, 7) is 2.70. The second-order valence-electron chi connectivity index (χ2n) is 17.8. The van der Waals surface area contributed by atoms with Gasteiger partial charge in [-0.15, -0.1) is 0 Å². The molecule has 4 fully saturated rings. The number of piperidine rings is 3. The average Bonchev–Trinajstić information content (AvgIpc) is 4.05. The van der Waals surface area contributed by atoms with Crippen molar-refractivity contribution >= 4 is 56.8 Å². The third-order valence-electron chi connectivity index (χ3n) is 13.5. The van der Waals surface area contributed by atoms with E-state index in [4.69, 9.17) is 4.74 Å². The van der Waals surface area contributed by atoms with Gasteiger partial charge in [-0.1, -0.05) is 23.8 Å². The van der Waals surface area contributed by atoms with Crippen molar-refractivity contribution in [2.24, 2.45) is 20.0 Å². The fourth-order valence-electron chi connectivity index (χ4n) is 9.79. The number of ether oxygens (including phenoxy) is 1. The number of nitrogens with zero attached hydrogens (tertiary/aromatic N) is 7. The molecule has 0 bridgehead atoms. The first kappa shape index (κ1) is 41.9. The Labute approximate surface area is 363 Å². The number of allylic oxidation sites excluding steroid dienone is 1. The van der Waals surface area contributed by atoms with Gasteiger partial charge in [0.15, 0.2) is 24.1 Å². The van der Waals surface area contributed by atoms with Crippen LogP contribution in [-0.2, 0) is 23.7 Å². The van der Waals surface area contributed by atoms with E-state index in [1.807, 2.05) is 17.0 Å². The molecule has 2 unspecified atom stereocenters. The maximum atomic E-state index is 16.2. The number of hydrogen-bond acceptors (Lipinski definition) is 11. The second kappa shape index (κ2) is 16.2. The quantitative estimate of drug-likeness (QED) is 0.0888. The molecule has 1 saturated carbocycles. The number of fused-ring (bicyclic) bond motifs is 4. The summed E-state index contributed by atoms with van der Waals surface area (Å²) >= 11 is 0. The summed E-state index contributed by atoms with van der Waals surface area (Å²) in [6, 6.07) is 4.63. The molecule has 3 aromatic heterocycles. The molecule has 2 aromatic carbocycles. The summed E-state index contributed by atoms with van der Waals surface area (Å²) in [5, 5.41) is 13.3. The number of carbonyl (C=O) groups excluding carboxylic acids is 2. The molecule has 3 saturated heterocycles. The van der Waals surface area contributed by atoms with Crippen LogP contribution < -0.4 is 31.1 Å². The molecular formula is C45H47F5N10O4. The molecule has 4 aliphatic heterocycles. The van der Waals surface area contributed by atoms with Crippen molar-refractivity contribution in [3.8, 4) is 5.75 Å². The number of aryl methyl sites for hydroxylation is 2. The van der Waals surface area contributed by atoms with Crippen molar-refractivity contribution < 1.29 is 36.3 Å². The highest BCUT2D eigenvalue weighted by Crippen LogP contribution is 2.42. The SMILES string of the molecule is Cn1nc(C2CCC(=O)NC2=O)c2ccc(C3CCN(CC4CCN(c5ncc(F)c(Nc6cc7c8c(c(=O)n(C)c7cc6F)OCC(F)(F)C(C=C6CC6)N8)n5)CC4)CC3)c(F)c21. The standard InChI is InChI=1S/C45H47F5N10O4/c1-57-33-19-30(46)32(18-29(33)38-40(43(57)63)64-22-45(49,50)34(53-38)17-23-3-4-23)52-41-31(47)20-51-44(55-41)60-15-9-24(10-16-60)21-59-13-11-25(12-14-59)26-5-6-27-37(56-58(2)39(27)36(26)48)28-7-8-35(61)54-42(28)62/h5-6,17-20,24-25,28,34,53H,3-4,7-16,21-22H2,1-2H3,(H,51,52,55)(H,54,61,62). The third-order valence-corrected chi connectivity index (χ3v) is 13.5. The molecule has 0 spiro atoms. The van der Waals surface area contributed by atoms with Gasteiger partial charge in [0.1, 0.15) is 17.4 Å². The highest BCUT2D eigenvalue weighted by molar-refractivity contribution is 6.02. The van der Waals surface area contributed by atoms with Crippen LogP contribution >= 0.6 is 0 Å². The number of imide groups is 1. The van der Waals surface area contributed by atoms with Crippen LogP contribution in [0, 0.1) is 23.4 Å². The van der Waals surface area contributed by atoms with Gasteiger partial charge in [-0.05, 0) is 81.5 Å². The Bertz CT molecular complexity index is 2810. The molecule has 0 radical (unpaired) electrons. The molecule has 2 amide bonds. The van der Waals surface area contributed by atoms with Gasteiger partial charge in [-0.25, -0.2) is 26.9 Å². The predicted molar refractivity (Wildman–Crippen MR) is 229 cm³/mol. The maximum absolute atomic E-state index is 16.2. The number of carbonyl (C=O) groups is 2. The number of hydrogen-bond donors (Lipinski definition) is 3. The molecule has 336 valence electrons. The Morgan fingerprint density at radius 3 is 2.44 bits per heavy atom. The van der Waals surface area contributed by atoms with Crippen molar-refractivity contribution in [3.05, 3.63) is 81.2 Å². The van der Waals surface area contributed by atoms with Crippen molar-refractivity contribution in [2.45, 2.75) is 75.2 Å². The van der Waals surface area contributed by atoms with Crippen LogP contribution in [0.25, 0.3) is 21.8 Å². The number of benzene rings is 2. The first-order chi connectivity index (χ1) is 30.7. The number of pyridine rings is 1. The van der Waals surface area contributed by atoms with Crippen LogP contribution in [0.5, 0.6) is 5.75 Å². The molecule has 2 atom stereocenters. The minimum Gasteiger partial charge on any atom is -0.480 e. The van der Waals surface area contributed by atoms with Crippen LogP contribution in [-0.4, -0.2) is 92.3 Å². The lowest BCUT2D eigenvalue weighted by atomic mass is 9.86. The number of amides is 2. The first-order valence-electron chi connectivity index (χ1n) is 21.8. The van der Waals surface area contributed by atoms with E-state index in [0.717, 1.165) is 67.7 Å². The normalized spacial score (nSPS) is 21.9. The number of nitrogens with one attached hydrogen (secondary N) is 3. The average molecular weight is 887 g/mol. The Morgan fingerprint density at radius 2 is 1.70 bits per heavy atom. The molecule has 10 rings (SSSR count). The Balaban J connectivity index is 0.783. The summed E-state index contributed by atoms with van der Waals surface area (Å²) in [6.07, 6.45) is 7.69. The van der Waals surface area contributed by atoms with Crippen molar-refractivity contribution in [3.63, 3.8) is 0 Å². The van der Waals surface area contributed by atoms with Crippen LogP contribution in [0.15, 0.2) is 46.9 Å². The molecule has 5 aliphatic rings. The largest absolute Gasteiger partial charge is 0.480 e. The lowest BCUT2D eigenvalue weighted by Crippen LogP contribution is -2.41. The van der Waals surface area contributed by atoms with E-state index in [1.54, 1.807) is 7.05 Å². The molecule has 1 aliphatic carbocycles. The summed E-state index contributed by atoms with van der Waals surface area (Å²) in [5.74, 6) is -6.53. The van der Waals surface area contributed by atoms with E-state index >= 15 is 22.0 Å². The fraction of sp³-hybridized carbons (Fsp3) is 0.467. The maximum Gasteiger partial charge on any atom is 0.304 e. The summed E-state index contributed by atoms with van der Waals surface area (Å²) in [5.41, 5.74) is 1.59. The molecule has 7 heterocycles. The highest BCUT2D eigenvalue weighted by Gasteiger charge is 2.44. The van der Waals surface area contributed by atoms with E-state index in [9.17, 15) is 14.4 Å². The number of rotatable bonds is 8. The predicted octanol–water partition coefficient (Wildman–Crippen LogP) is 6.52. The van der Waals surface area contributed by atoms with Crippen LogP contribution in [0.1, 0.15) is 74.5 Å². The van der Waals surface area contributed by atoms with E-state index in [2.05, 4.69) is 35.9 Å². The molecule has 14 nitrogen and oxygen atoms in total. The van der Waals surface area contributed by atoms with Crippen molar-refractivity contribution in [2.75, 3.05) is 54.9 Å². The van der Waals surface area contributed by atoms with Gasteiger partial charge >= 0.3 is 5.92 Å². The van der Waals surface area contributed by atoms with Crippen molar-refractivity contribution in [1.82, 2.24) is 34.5 Å². The van der Waals surface area contributed by atoms with Gasteiger partial charge in [0, 0.05) is 57.0 Å². The van der Waals surface area contributed by atoms with Gasteiger partial charge in [0.2, 0.25) is 23.5 Å². The zero-order chi connectivity index (χ0) is 44.6. The minimum absolute atomic E-state index is 0.00286. The summed E-state index contributed by atoms with van der Waals surface area (Å²) < 4.78 is 85.6. The van der Waals surface area contributed by atoms with E-state index in [-0.39, 0.29) is 63.9 Å². The van der Waals surface area contributed by atoms with Gasteiger partial charge in [0.05, 0.1) is 34.7 Å². The molecular weight excluding hydrogens is 840 g/mol. The number of aromatic nitrogens is 5. The lowest BCUT2D eigenvalue weighted by molar-refractivity contribution is -0.134. The number of alkyl halides is 2. The Kier molecular flexibility index (Phi) is 10.6. The Hall–Kier alpha value is -6.11. The van der Waals surface area contributed by atoms with Crippen LogP contribution in [0.3, 0.4) is 0 Å². The first-order valence-corrected chi connectivity index (χ1v) is 21.8. The second-order valence-corrected chi connectivity index (χ2v) is 17.8. The van der Waals surface area contributed by atoms with E-state index in [0.29, 0.717) is 60.4 Å². The highest BCUT2D eigenvalue weighted by atomic mass is 19.3. The molecule has 3 N–H and O–H groups in total. The smallest absolute Gasteiger partial charge is 0.304 e. The molecule has 19 heteroatoms. The minimum atomic E-state index is -3.34. The number of anilines is 4. The van der Waals surface area contributed by atoms with Crippen LogP contribution in [0.2, 0.25) is 0 Å². The monoisotopic (exact) mass is 886 g/mol. The van der Waals surface area contributed by atoms with Gasteiger partial charge in [-0.2, -0.15) is 10.1 Å². The number of halogens is 5. The molecule has 64 heavy (non-hydrogen) atoms. The van der Waals surface area contributed by atoms with E-state index in [1.165, 1.54) is 23.9 Å². The van der Waals surface area contributed by atoms with Crippen molar-refractivity contribution in [1.29, 1.82) is 0 Å². The third kappa shape index (κ3) is 7.70. The molecule has 5 aromatic rings. The Morgan fingerprint density at radius 1 is 0.938 bits per heavy atom. The van der Waals surface area contributed by atoms with E-state index < -0.39 is 47.6 Å². The zero-order valence-electron chi connectivity index (χ0n) is 35.3. The van der Waals surface area contributed by atoms with Gasteiger partial charge in [-0.3, -0.25) is 24.4 Å². The summed E-state index contributed by atoms with van der Waals surface area (Å²) in [4.78, 5) is 50.6. The number of likely N-dealkylation sites (tertiary alicyclic amines) is 1. The van der Waals surface area contributed by atoms with Gasteiger partial charge < -0.3 is 29.7 Å². The zero-order valence-corrected chi connectivity index (χ0v) is 35.3. The van der Waals surface area contributed by atoms with Gasteiger partial charge in [0.25, 0.3) is 5.56 Å². The summed E-state index contributed by atoms with van der Waals surface area (Å²) in [7, 11) is 3.07. The topological polar surface area (TPSA) is 152 Å².